The van der Waals surface area contributed by atoms with E-state index >= 15 is 0 Å². The maximum absolute atomic E-state index is 11.4. The van der Waals surface area contributed by atoms with Gasteiger partial charge in [-0.2, -0.15) is 0 Å². The summed E-state index contributed by atoms with van der Waals surface area (Å²) in [6.07, 6.45) is 3.79. The minimum Gasteiger partial charge on any atom is -0.493 e. The fourth-order valence-corrected chi connectivity index (χ4v) is 4.46. The van der Waals surface area contributed by atoms with Gasteiger partial charge in [0.2, 0.25) is 5.91 Å². The van der Waals surface area contributed by atoms with Crippen LogP contribution >= 0.6 is 0 Å². The molecule has 0 unspecified atom stereocenters. The van der Waals surface area contributed by atoms with Crippen LogP contribution in [0.2, 0.25) is 0 Å². The van der Waals surface area contributed by atoms with E-state index in [4.69, 9.17) is 19.9 Å². The number of nitrogens with two attached hydrogens (primary N) is 1. The van der Waals surface area contributed by atoms with Crippen molar-refractivity contribution in [2.75, 3.05) is 39.2 Å². The third-order valence-corrected chi connectivity index (χ3v) is 6.70. The fraction of sp³-hybridized carbons (Fsp3) is 0.276. The highest BCUT2D eigenvalue weighted by molar-refractivity contribution is 5.93. The monoisotopic (exact) mass is 513 g/mol. The molecule has 9 heteroatoms. The predicted octanol–water partition coefficient (Wildman–Crippen LogP) is 4.99. The molecule has 1 aromatic heterocycles. The van der Waals surface area contributed by atoms with E-state index in [0.29, 0.717) is 46.9 Å². The molecule has 1 amide bonds. The Bertz CT molecular complexity index is 1420. The maximum atomic E-state index is 11.4. The molecule has 38 heavy (non-hydrogen) atoms. The van der Waals surface area contributed by atoms with E-state index < -0.39 is 5.91 Å². The Morgan fingerprint density at radius 2 is 1.82 bits per heavy atom. The van der Waals surface area contributed by atoms with Crippen molar-refractivity contribution in [1.82, 2.24) is 14.9 Å². The zero-order chi connectivity index (χ0) is 26.5. The predicted molar refractivity (Wildman–Crippen MR) is 147 cm³/mol. The average molecular weight is 514 g/mol. The molecule has 1 aliphatic heterocycles. The smallest absolute Gasteiger partial charge is 0.248 e. The number of primary amides is 1. The standard InChI is InChI=1S/C29H31N5O4/c1-34-12-10-19(11-13-34)17-37-27-16-25-24(15-26(27)36-2)29(32-18-31-25)33-21-6-8-22(9-7-21)38-23-5-3-4-20(14-23)28(30)35/h3-9,14-16,18-19H,10-13,17H2,1-2H3,(H2,30,35)(H,31,32,33). The van der Waals surface area contributed by atoms with Crippen molar-refractivity contribution in [2.45, 2.75) is 12.8 Å². The molecule has 9 nitrogen and oxygen atoms in total. The molecule has 1 fully saturated rings. The summed E-state index contributed by atoms with van der Waals surface area (Å²) in [5.74, 6) is 3.17. The molecule has 0 aliphatic carbocycles. The Labute approximate surface area is 221 Å². The molecule has 4 aromatic rings. The van der Waals surface area contributed by atoms with Crippen LogP contribution in [0.5, 0.6) is 23.0 Å². The lowest BCUT2D eigenvalue weighted by Crippen LogP contribution is -2.32. The van der Waals surface area contributed by atoms with E-state index in [1.54, 1.807) is 31.4 Å². The Hall–Kier alpha value is -4.37. The van der Waals surface area contributed by atoms with Crippen molar-refractivity contribution in [3.05, 3.63) is 72.6 Å². The Morgan fingerprint density at radius 3 is 2.55 bits per heavy atom. The Morgan fingerprint density at radius 1 is 1.03 bits per heavy atom. The quantitative estimate of drug-likeness (QED) is 0.322. The first-order valence-corrected chi connectivity index (χ1v) is 12.6. The largest absolute Gasteiger partial charge is 0.493 e. The zero-order valence-electron chi connectivity index (χ0n) is 21.5. The van der Waals surface area contributed by atoms with Crippen LogP contribution < -0.4 is 25.3 Å². The second-order valence-corrected chi connectivity index (χ2v) is 9.44. The molecule has 3 aromatic carbocycles. The molecule has 1 aliphatic rings. The summed E-state index contributed by atoms with van der Waals surface area (Å²) in [7, 11) is 3.79. The minimum absolute atomic E-state index is 0.391. The van der Waals surface area contributed by atoms with E-state index in [-0.39, 0.29) is 0 Å². The number of hydrogen-bond donors (Lipinski definition) is 2. The van der Waals surface area contributed by atoms with Gasteiger partial charge >= 0.3 is 0 Å². The van der Waals surface area contributed by atoms with Gasteiger partial charge in [0, 0.05) is 22.7 Å². The van der Waals surface area contributed by atoms with Gasteiger partial charge in [-0.15, -0.1) is 0 Å². The van der Waals surface area contributed by atoms with E-state index in [0.717, 1.165) is 42.5 Å². The normalized spacial score (nSPS) is 14.3. The van der Waals surface area contributed by atoms with Crippen molar-refractivity contribution in [3.8, 4) is 23.0 Å². The van der Waals surface area contributed by atoms with Crippen LogP contribution in [0.4, 0.5) is 11.5 Å². The summed E-state index contributed by atoms with van der Waals surface area (Å²) in [5, 5.41) is 4.17. The molecule has 3 N–H and O–H groups in total. The first kappa shape index (κ1) is 25.3. The molecule has 5 rings (SSSR count). The first-order valence-electron chi connectivity index (χ1n) is 12.6. The summed E-state index contributed by atoms with van der Waals surface area (Å²) >= 11 is 0. The van der Waals surface area contributed by atoms with Gasteiger partial charge in [-0.25, -0.2) is 9.97 Å². The van der Waals surface area contributed by atoms with Crippen LogP contribution in [-0.4, -0.2) is 54.6 Å². The zero-order valence-corrected chi connectivity index (χ0v) is 21.5. The topological polar surface area (TPSA) is 112 Å². The number of nitrogens with one attached hydrogen (secondary N) is 1. The molecule has 196 valence electrons. The lowest BCUT2D eigenvalue weighted by molar-refractivity contribution is 0.1000. The number of likely N-dealkylation sites (tertiary alicyclic amines) is 1. The number of carbonyl (C=O) groups excluding carboxylic acids is 1. The van der Waals surface area contributed by atoms with Crippen molar-refractivity contribution in [3.63, 3.8) is 0 Å². The van der Waals surface area contributed by atoms with Gasteiger partial charge in [0.1, 0.15) is 23.6 Å². The third-order valence-electron chi connectivity index (χ3n) is 6.70. The minimum atomic E-state index is -0.500. The number of nitrogens with zero attached hydrogens (tertiary/aromatic N) is 3. The lowest BCUT2D eigenvalue weighted by atomic mass is 9.98. The van der Waals surface area contributed by atoms with Crippen molar-refractivity contribution in [2.24, 2.45) is 11.7 Å². The molecule has 0 bridgehead atoms. The van der Waals surface area contributed by atoms with Crippen LogP contribution in [0.15, 0.2) is 67.0 Å². The molecule has 0 atom stereocenters. The average Bonchev–Trinajstić information content (AvgIpc) is 2.93. The van der Waals surface area contributed by atoms with E-state index in [2.05, 4.69) is 27.2 Å². The highest BCUT2D eigenvalue weighted by Gasteiger charge is 2.19. The van der Waals surface area contributed by atoms with E-state index in [1.807, 2.05) is 36.4 Å². The molecular formula is C29H31N5O4. The highest BCUT2D eigenvalue weighted by atomic mass is 16.5. The summed E-state index contributed by atoms with van der Waals surface area (Å²) in [5.41, 5.74) is 7.33. The summed E-state index contributed by atoms with van der Waals surface area (Å²) in [6, 6.07) is 18.0. The molecule has 0 radical (unpaired) electrons. The number of rotatable bonds is 9. The maximum Gasteiger partial charge on any atom is 0.248 e. The second kappa shape index (κ2) is 11.4. The molecule has 0 spiro atoms. The van der Waals surface area contributed by atoms with Crippen molar-refractivity contribution < 1.29 is 19.0 Å². The van der Waals surface area contributed by atoms with Crippen LogP contribution in [0.3, 0.4) is 0 Å². The van der Waals surface area contributed by atoms with Crippen LogP contribution in [0, 0.1) is 5.92 Å². The van der Waals surface area contributed by atoms with Gasteiger partial charge < -0.3 is 30.2 Å². The number of piperidine rings is 1. The van der Waals surface area contributed by atoms with Gasteiger partial charge in [-0.3, -0.25) is 4.79 Å². The Balaban J connectivity index is 1.30. The SMILES string of the molecule is COc1cc2c(Nc3ccc(Oc4cccc(C(N)=O)c4)cc3)ncnc2cc1OCC1CCN(C)CC1. The van der Waals surface area contributed by atoms with Gasteiger partial charge in [-0.1, -0.05) is 6.07 Å². The number of hydrogen-bond acceptors (Lipinski definition) is 8. The second-order valence-electron chi connectivity index (χ2n) is 9.44. The summed E-state index contributed by atoms with van der Waals surface area (Å²) in [4.78, 5) is 22.7. The number of benzene rings is 3. The number of aromatic nitrogens is 2. The summed E-state index contributed by atoms with van der Waals surface area (Å²) < 4.78 is 17.7. The number of ether oxygens (including phenoxy) is 3. The van der Waals surface area contributed by atoms with Crippen molar-refractivity contribution in [1.29, 1.82) is 0 Å². The molecular weight excluding hydrogens is 482 g/mol. The number of anilines is 2. The Kier molecular flexibility index (Phi) is 7.55. The molecule has 2 heterocycles. The number of carbonyl (C=O) groups is 1. The van der Waals surface area contributed by atoms with E-state index in [1.165, 1.54) is 6.33 Å². The van der Waals surface area contributed by atoms with Gasteiger partial charge in [-0.05, 0) is 87.4 Å². The first-order chi connectivity index (χ1) is 18.5. The van der Waals surface area contributed by atoms with Gasteiger partial charge in [0.05, 0.1) is 19.2 Å². The fourth-order valence-electron chi connectivity index (χ4n) is 4.46. The number of amides is 1. The molecule has 1 saturated heterocycles. The van der Waals surface area contributed by atoms with Gasteiger partial charge in [0.25, 0.3) is 0 Å². The number of methoxy groups -OCH3 is 1. The van der Waals surface area contributed by atoms with Crippen LogP contribution in [-0.2, 0) is 0 Å². The van der Waals surface area contributed by atoms with Crippen LogP contribution in [0.25, 0.3) is 10.9 Å². The van der Waals surface area contributed by atoms with Gasteiger partial charge in [0.15, 0.2) is 11.5 Å². The highest BCUT2D eigenvalue weighted by Crippen LogP contribution is 2.35. The molecule has 0 saturated carbocycles. The summed E-state index contributed by atoms with van der Waals surface area (Å²) in [6.45, 7) is 2.86. The van der Waals surface area contributed by atoms with Crippen molar-refractivity contribution >= 4 is 28.3 Å². The lowest BCUT2D eigenvalue weighted by Gasteiger charge is -2.28. The van der Waals surface area contributed by atoms with E-state index in [9.17, 15) is 4.79 Å². The van der Waals surface area contributed by atoms with Crippen LogP contribution in [0.1, 0.15) is 23.2 Å². The third kappa shape index (κ3) is 5.95. The number of fused-ring (bicyclic) bond motifs is 1.